The van der Waals surface area contributed by atoms with E-state index >= 15 is 0 Å². The van der Waals surface area contributed by atoms with Crippen LogP contribution >= 0.6 is 34.3 Å². The molecule has 0 spiro atoms. The maximum absolute atomic E-state index is 13.3. The van der Waals surface area contributed by atoms with Gasteiger partial charge in [-0.1, -0.05) is 16.8 Å². The van der Waals surface area contributed by atoms with Crippen LogP contribution in [0.2, 0.25) is 4.34 Å². The summed E-state index contributed by atoms with van der Waals surface area (Å²) in [6, 6.07) is 6.20. The molecule has 4 aromatic heterocycles. The number of imidazole rings is 1. The number of carboxylic acid groups (broad SMARTS) is 1. The third-order valence-electron chi connectivity index (χ3n) is 6.52. The highest BCUT2D eigenvalue weighted by Crippen LogP contribution is 2.33. The van der Waals surface area contributed by atoms with Gasteiger partial charge in [0.1, 0.15) is 16.1 Å². The second kappa shape index (κ2) is 9.05. The molecule has 35 heavy (non-hydrogen) atoms. The Morgan fingerprint density at radius 3 is 2.71 bits per heavy atom. The number of aromatic carboxylic acids is 1. The Hall–Kier alpha value is -2.73. The molecule has 4 aromatic rings. The van der Waals surface area contributed by atoms with Crippen molar-refractivity contribution in [3.8, 4) is 10.6 Å². The maximum Gasteiger partial charge on any atom is 0.348 e. The van der Waals surface area contributed by atoms with Gasteiger partial charge in [0.05, 0.1) is 21.3 Å². The molecule has 0 atom stereocenters. The Morgan fingerprint density at radius 2 is 2.03 bits per heavy atom. The van der Waals surface area contributed by atoms with E-state index in [4.69, 9.17) is 16.1 Å². The second-order valence-corrected chi connectivity index (χ2v) is 11.5. The molecule has 1 aliphatic carbocycles. The number of nitrogens with zero attached hydrogens (tertiary/aromatic N) is 4. The molecule has 1 amide bonds. The van der Waals surface area contributed by atoms with Crippen molar-refractivity contribution in [1.29, 1.82) is 0 Å². The fourth-order valence-electron chi connectivity index (χ4n) is 4.65. The van der Waals surface area contributed by atoms with Crippen LogP contribution in [0, 0.1) is 0 Å². The highest BCUT2D eigenvalue weighted by molar-refractivity contribution is 7.19. The van der Waals surface area contributed by atoms with Gasteiger partial charge < -0.3 is 24.4 Å². The largest absolute Gasteiger partial charge is 0.477 e. The van der Waals surface area contributed by atoms with Crippen molar-refractivity contribution in [3.05, 3.63) is 44.3 Å². The minimum absolute atomic E-state index is 0.0704. The van der Waals surface area contributed by atoms with E-state index in [1.54, 1.807) is 22.1 Å². The van der Waals surface area contributed by atoms with E-state index in [1.807, 2.05) is 6.07 Å². The SMILES string of the molecule is O=C(O)c1scc2nc(C(=O)NC3CCN(C4CC4)CC3)n(Cc3cc(-c4ccc(Cl)s4)on3)c12. The van der Waals surface area contributed by atoms with Crippen LogP contribution in [0.3, 0.4) is 0 Å². The maximum atomic E-state index is 13.3. The normalized spacial score (nSPS) is 17.3. The molecule has 2 aliphatic rings. The van der Waals surface area contributed by atoms with Crippen molar-refractivity contribution in [2.24, 2.45) is 0 Å². The summed E-state index contributed by atoms with van der Waals surface area (Å²) in [6.07, 6.45) is 4.35. The summed E-state index contributed by atoms with van der Waals surface area (Å²) < 4.78 is 7.76. The van der Waals surface area contributed by atoms with Crippen LogP contribution < -0.4 is 5.32 Å². The second-order valence-electron chi connectivity index (χ2n) is 8.93. The van der Waals surface area contributed by atoms with Gasteiger partial charge in [0, 0.05) is 36.6 Å². The van der Waals surface area contributed by atoms with Gasteiger partial charge in [-0.2, -0.15) is 0 Å². The van der Waals surface area contributed by atoms with E-state index in [0.717, 1.165) is 48.2 Å². The molecule has 1 aliphatic heterocycles. The van der Waals surface area contributed by atoms with Crippen LogP contribution in [0.25, 0.3) is 21.7 Å². The minimum atomic E-state index is -1.06. The van der Waals surface area contributed by atoms with E-state index in [-0.39, 0.29) is 29.2 Å². The van der Waals surface area contributed by atoms with Crippen molar-refractivity contribution >= 4 is 57.2 Å². The first-order valence-corrected chi connectivity index (χ1v) is 13.5. The molecule has 12 heteroatoms. The lowest BCUT2D eigenvalue weighted by Gasteiger charge is -2.32. The lowest BCUT2D eigenvalue weighted by atomic mass is 10.0. The summed E-state index contributed by atoms with van der Waals surface area (Å²) in [5.41, 5.74) is 1.45. The van der Waals surface area contributed by atoms with Crippen molar-refractivity contribution in [2.75, 3.05) is 13.1 Å². The van der Waals surface area contributed by atoms with Gasteiger partial charge >= 0.3 is 5.97 Å². The molecule has 182 valence electrons. The molecule has 5 heterocycles. The van der Waals surface area contributed by atoms with Gasteiger partial charge in [-0.15, -0.1) is 22.7 Å². The molecular weight excluding hydrogens is 510 g/mol. The molecule has 0 radical (unpaired) electrons. The van der Waals surface area contributed by atoms with Crippen LogP contribution in [-0.4, -0.2) is 61.8 Å². The predicted octanol–water partition coefficient (Wildman–Crippen LogP) is 4.57. The number of hydrogen-bond acceptors (Lipinski definition) is 8. The Labute approximate surface area is 213 Å². The first-order chi connectivity index (χ1) is 17.0. The van der Waals surface area contributed by atoms with Gasteiger partial charge in [-0.05, 0) is 37.8 Å². The highest BCUT2D eigenvalue weighted by Gasteiger charge is 2.33. The summed E-state index contributed by atoms with van der Waals surface area (Å²) in [4.78, 5) is 33.2. The Morgan fingerprint density at radius 1 is 1.23 bits per heavy atom. The average molecular weight is 532 g/mol. The first-order valence-electron chi connectivity index (χ1n) is 11.4. The van der Waals surface area contributed by atoms with Gasteiger partial charge in [0.25, 0.3) is 5.91 Å². The fourth-order valence-corrected chi connectivity index (χ4v) is 6.46. The lowest BCUT2D eigenvalue weighted by molar-refractivity contribution is 0.0703. The molecule has 2 fully saturated rings. The number of thiophene rings is 2. The standard InChI is InChI=1S/C23H22ClN5O4S2/c24-18-4-3-17(35-18)16-9-13(27-33-16)10-29-19-15(11-34-20(19)23(31)32)26-21(29)22(30)25-12-5-7-28(8-6-12)14-1-2-14/h3-4,9,11-12,14H,1-2,5-8,10H2,(H,25,30)(H,31,32). The number of carboxylic acids is 1. The number of nitrogens with one attached hydrogen (secondary N) is 1. The summed E-state index contributed by atoms with van der Waals surface area (Å²) in [7, 11) is 0. The molecule has 0 aromatic carbocycles. The van der Waals surface area contributed by atoms with Crippen molar-refractivity contribution < 1.29 is 19.2 Å². The number of hydrogen-bond donors (Lipinski definition) is 2. The number of amides is 1. The van der Waals surface area contributed by atoms with Crippen molar-refractivity contribution in [1.82, 2.24) is 24.9 Å². The number of aromatic nitrogens is 3. The van der Waals surface area contributed by atoms with Crippen molar-refractivity contribution in [2.45, 2.75) is 44.3 Å². The minimum Gasteiger partial charge on any atom is -0.477 e. The summed E-state index contributed by atoms with van der Waals surface area (Å²) >= 11 is 8.51. The van der Waals surface area contributed by atoms with E-state index in [1.165, 1.54) is 24.2 Å². The Balaban J connectivity index is 1.28. The average Bonchev–Trinajstić information content (AvgIpc) is 3.16. The summed E-state index contributed by atoms with van der Waals surface area (Å²) in [5, 5.41) is 18.7. The first kappa shape index (κ1) is 22.7. The van der Waals surface area contributed by atoms with Crippen LogP contribution in [0.1, 0.15) is 51.7 Å². The Kier molecular flexibility index (Phi) is 5.87. The third-order valence-corrected chi connectivity index (χ3v) is 8.71. The van der Waals surface area contributed by atoms with Gasteiger partial charge in [-0.25, -0.2) is 9.78 Å². The van der Waals surface area contributed by atoms with Crippen LogP contribution in [0.15, 0.2) is 28.1 Å². The molecule has 1 saturated carbocycles. The third kappa shape index (κ3) is 4.49. The molecule has 6 rings (SSSR count). The molecular formula is C23H22ClN5O4S2. The van der Waals surface area contributed by atoms with Crippen LogP contribution in [0.4, 0.5) is 0 Å². The zero-order chi connectivity index (χ0) is 24.1. The van der Waals surface area contributed by atoms with E-state index < -0.39 is 5.97 Å². The van der Waals surface area contributed by atoms with E-state index in [2.05, 4.69) is 20.4 Å². The van der Waals surface area contributed by atoms with E-state index in [0.29, 0.717) is 26.8 Å². The zero-order valence-electron chi connectivity index (χ0n) is 18.6. The molecule has 2 N–H and O–H groups in total. The molecule has 0 unspecified atom stereocenters. The summed E-state index contributed by atoms with van der Waals surface area (Å²) in [6.45, 7) is 2.12. The number of piperidine rings is 1. The fraction of sp³-hybridized carbons (Fsp3) is 0.391. The molecule has 0 bridgehead atoms. The van der Waals surface area contributed by atoms with Gasteiger partial charge in [0.15, 0.2) is 11.6 Å². The monoisotopic (exact) mass is 531 g/mol. The van der Waals surface area contributed by atoms with Crippen LogP contribution in [0.5, 0.6) is 0 Å². The number of carbonyl (C=O) groups excluding carboxylic acids is 1. The molecule has 9 nitrogen and oxygen atoms in total. The van der Waals surface area contributed by atoms with Gasteiger partial charge in [-0.3, -0.25) is 4.79 Å². The zero-order valence-corrected chi connectivity index (χ0v) is 21.0. The lowest BCUT2D eigenvalue weighted by Crippen LogP contribution is -2.45. The van der Waals surface area contributed by atoms with Crippen molar-refractivity contribution in [3.63, 3.8) is 0 Å². The smallest absolute Gasteiger partial charge is 0.348 e. The number of rotatable bonds is 7. The van der Waals surface area contributed by atoms with Crippen LogP contribution in [-0.2, 0) is 6.54 Å². The predicted molar refractivity (Wildman–Crippen MR) is 134 cm³/mol. The highest BCUT2D eigenvalue weighted by atomic mass is 35.5. The number of halogens is 1. The van der Waals surface area contributed by atoms with Gasteiger partial charge in [0.2, 0.25) is 0 Å². The summed E-state index contributed by atoms with van der Waals surface area (Å²) in [5.74, 6) is -0.620. The van der Waals surface area contributed by atoms with E-state index in [9.17, 15) is 14.7 Å². The topological polar surface area (TPSA) is 113 Å². The molecule has 1 saturated heterocycles. The number of fused-ring (bicyclic) bond motifs is 1. The number of likely N-dealkylation sites (tertiary alicyclic amines) is 1. The number of carbonyl (C=O) groups is 2. The Bertz CT molecular complexity index is 1410. The quantitative estimate of drug-likeness (QED) is 0.359.